The molecule has 1 aromatic rings. The normalized spacial score (nSPS) is 25.5. The van der Waals surface area contributed by atoms with E-state index in [9.17, 15) is 4.79 Å². The first-order valence-electron chi connectivity index (χ1n) is 7.83. The number of rotatable bonds is 2. The molecule has 1 aromatic carbocycles. The number of hydrogen-bond acceptors (Lipinski definition) is 3. The molecule has 1 saturated heterocycles. The molecule has 1 unspecified atom stereocenters. The van der Waals surface area contributed by atoms with Gasteiger partial charge in [-0.3, -0.25) is 4.79 Å². The van der Waals surface area contributed by atoms with E-state index < -0.39 is 0 Å². The van der Waals surface area contributed by atoms with Gasteiger partial charge in [-0.2, -0.15) is 0 Å². The van der Waals surface area contributed by atoms with Crippen LogP contribution in [0.3, 0.4) is 0 Å². The SMILES string of the molecule is COc1ccc2c(c1)C(C)(C)CC(C1CCOCC1)C2=O. The Labute approximate surface area is 126 Å². The van der Waals surface area contributed by atoms with Crippen LogP contribution in [0.2, 0.25) is 0 Å². The Morgan fingerprint density at radius 2 is 1.95 bits per heavy atom. The lowest BCUT2D eigenvalue weighted by Gasteiger charge is -2.40. The molecule has 0 radical (unpaired) electrons. The molecule has 1 atom stereocenters. The lowest BCUT2D eigenvalue weighted by atomic mass is 9.63. The molecule has 0 N–H and O–H groups in total. The Morgan fingerprint density at radius 1 is 1.24 bits per heavy atom. The number of methoxy groups -OCH3 is 1. The van der Waals surface area contributed by atoms with Crippen molar-refractivity contribution in [1.29, 1.82) is 0 Å². The fourth-order valence-electron chi connectivity index (χ4n) is 3.88. The maximum absolute atomic E-state index is 12.9. The fraction of sp³-hybridized carbons (Fsp3) is 0.611. The van der Waals surface area contributed by atoms with Crippen molar-refractivity contribution in [3.05, 3.63) is 29.3 Å². The molecule has 1 heterocycles. The zero-order chi connectivity index (χ0) is 15.0. The van der Waals surface area contributed by atoms with Crippen LogP contribution in [0.15, 0.2) is 18.2 Å². The van der Waals surface area contributed by atoms with Crippen molar-refractivity contribution < 1.29 is 14.3 Å². The Kier molecular flexibility index (Phi) is 3.78. The highest BCUT2D eigenvalue weighted by molar-refractivity contribution is 6.01. The average molecular weight is 288 g/mol. The zero-order valence-electron chi connectivity index (χ0n) is 13.1. The quantitative estimate of drug-likeness (QED) is 0.834. The predicted octanol–water partition coefficient (Wildman–Crippen LogP) is 3.60. The first kappa shape index (κ1) is 14.6. The van der Waals surface area contributed by atoms with E-state index in [0.717, 1.165) is 49.4 Å². The number of carbonyl (C=O) groups excluding carboxylic acids is 1. The van der Waals surface area contributed by atoms with Crippen LogP contribution in [-0.4, -0.2) is 26.1 Å². The summed E-state index contributed by atoms with van der Waals surface area (Å²) in [5, 5.41) is 0. The maximum atomic E-state index is 12.9. The smallest absolute Gasteiger partial charge is 0.166 e. The predicted molar refractivity (Wildman–Crippen MR) is 82.0 cm³/mol. The third kappa shape index (κ3) is 2.59. The van der Waals surface area contributed by atoms with Crippen LogP contribution in [0, 0.1) is 11.8 Å². The summed E-state index contributed by atoms with van der Waals surface area (Å²) in [5.74, 6) is 1.77. The third-order valence-electron chi connectivity index (χ3n) is 5.12. The number of carbonyl (C=O) groups is 1. The Balaban J connectivity index is 1.97. The van der Waals surface area contributed by atoms with Gasteiger partial charge in [0.15, 0.2) is 5.78 Å². The van der Waals surface area contributed by atoms with Crippen LogP contribution in [0.25, 0.3) is 0 Å². The summed E-state index contributed by atoms with van der Waals surface area (Å²) >= 11 is 0. The molecule has 3 rings (SSSR count). The van der Waals surface area contributed by atoms with E-state index in [1.54, 1.807) is 7.11 Å². The van der Waals surface area contributed by atoms with Gasteiger partial charge in [-0.1, -0.05) is 13.8 Å². The van der Waals surface area contributed by atoms with Gasteiger partial charge in [-0.15, -0.1) is 0 Å². The molecule has 0 bridgehead atoms. The molecule has 114 valence electrons. The molecule has 1 fully saturated rings. The summed E-state index contributed by atoms with van der Waals surface area (Å²) in [6.45, 7) is 6.07. The van der Waals surface area contributed by atoms with Gasteiger partial charge < -0.3 is 9.47 Å². The molecule has 2 aliphatic rings. The van der Waals surface area contributed by atoms with E-state index in [4.69, 9.17) is 9.47 Å². The molecule has 3 heteroatoms. The van der Waals surface area contributed by atoms with E-state index in [2.05, 4.69) is 13.8 Å². The minimum atomic E-state index is 0.0146. The lowest BCUT2D eigenvalue weighted by Crippen LogP contribution is -2.39. The molecule has 0 amide bonds. The van der Waals surface area contributed by atoms with Gasteiger partial charge in [0.05, 0.1) is 7.11 Å². The third-order valence-corrected chi connectivity index (χ3v) is 5.12. The van der Waals surface area contributed by atoms with Gasteiger partial charge >= 0.3 is 0 Å². The van der Waals surface area contributed by atoms with Crippen molar-refractivity contribution in [3.63, 3.8) is 0 Å². The van der Waals surface area contributed by atoms with Crippen molar-refractivity contribution in [2.75, 3.05) is 20.3 Å². The van der Waals surface area contributed by atoms with Gasteiger partial charge in [-0.25, -0.2) is 0 Å². The van der Waals surface area contributed by atoms with E-state index >= 15 is 0 Å². The highest BCUT2D eigenvalue weighted by Crippen LogP contribution is 2.45. The van der Waals surface area contributed by atoms with Crippen molar-refractivity contribution >= 4 is 5.78 Å². The molecular formula is C18H24O3. The molecule has 21 heavy (non-hydrogen) atoms. The molecular weight excluding hydrogens is 264 g/mol. The van der Waals surface area contributed by atoms with Crippen LogP contribution in [0.4, 0.5) is 0 Å². The van der Waals surface area contributed by atoms with E-state index in [1.807, 2.05) is 18.2 Å². The molecule has 0 spiro atoms. The summed E-state index contributed by atoms with van der Waals surface area (Å²) in [6.07, 6.45) is 2.95. The first-order valence-corrected chi connectivity index (χ1v) is 7.83. The molecule has 3 nitrogen and oxygen atoms in total. The van der Waals surface area contributed by atoms with Gasteiger partial charge in [0.2, 0.25) is 0 Å². The van der Waals surface area contributed by atoms with Crippen molar-refractivity contribution in [1.82, 2.24) is 0 Å². The minimum absolute atomic E-state index is 0.0146. The fourth-order valence-corrected chi connectivity index (χ4v) is 3.88. The van der Waals surface area contributed by atoms with Gasteiger partial charge in [0.25, 0.3) is 0 Å². The molecule has 1 aliphatic carbocycles. The molecule has 0 aromatic heterocycles. The topological polar surface area (TPSA) is 35.5 Å². The van der Waals surface area contributed by atoms with E-state index in [1.165, 1.54) is 0 Å². The van der Waals surface area contributed by atoms with Gasteiger partial charge in [0, 0.05) is 24.7 Å². The number of ether oxygens (including phenoxy) is 2. The zero-order valence-corrected chi connectivity index (χ0v) is 13.1. The minimum Gasteiger partial charge on any atom is -0.497 e. The Hall–Kier alpha value is -1.35. The number of fused-ring (bicyclic) bond motifs is 1. The first-order chi connectivity index (χ1) is 10.0. The van der Waals surface area contributed by atoms with Gasteiger partial charge in [-0.05, 0) is 54.4 Å². The summed E-state index contributed by atoms with van der Waals surface area (Å²) < 4.78 is 10.8. The Bertz CT molecular complexity index is 541. The van der Waals surface area contributed by atoms with Crippen molar-refractivity contribution in [3.8, 4) is 5.75 Å². The van der Waals surface area contributed by atoms with Gasteiger partial charge in [0.1, 0.15) is 5.75 Å². The molecule has 0 saturated carbocycles. The monoisotopic (exact) mass is 288 g/mol. The van der Waals surface area contributed by atoms with E-state index in [0.29, 0.717) is 11.7 Å². The van der Waals surface area contributed by atoms with Crippen LogP contribution in [-0.2, 0) is 10.2 Å². The standard InChI is InChI=1S/C18H24O3/c1-18(2)11-15(12-6-8-21-9-7-12)17(19)14-5-4-13(20-3)10-16(14)18/h4-5,10,12,15H,6-9,11H2,1-3H3. The second-order valence-corrected chi connectivity index (χ2v) is 6.92. The second kappa shape index (κ2) is 5.45. The van der Waals surface area contributed by atoms with E-state index in [-0.39, 0.29) is 11.3 Å². The van der Waals surface area contributed by atoms with Crippen LogP contribution < -0.4 is 4.74 Å². The number of benzene rings is 1. The number of ketones is 1. The number of Topliss-reactive ketones (excluding diaryl/α,β-unsaturated/α-hetero) is 1. The van der Waals surface area contributed by atoms with Crippen LogP contribution in [0.5, 0.6) is 5.75 Å². The van der Waals surface area contributed by atoms with Crippen molar-refractivity contribution in [2.24, 2.45) is 11.8 Å². The summed E-state index contributed by atoms with van der Waals surface area (Å²) in [7, 11) is 1.67. The second-order valence-electron chi connectivity index (χ2n) is 6.92. The Morgan fingerprint density at radius 3 is 2.62 bits per heavy atom. The summed E-state index contributed by atoms with van der Waals surface area (Å²) in [4.78, 5) is 12.9. The van der Waals surface area contributed by atoms with Crippen LogP contribution >= 0.6 is 0 Å². The largest absolute Gasteiger partial charge is 0.497 e. The summed E-state index contributed by atoms with van der Waals surface area (Å²) in [5.41, 5.74) is 2.04. The number of hydrogen-bond donors (Lipinski definition) is 0. The highest BCUT2D eigenvalue weighted by Gasteiger charge is 2.42. The average Bonchev–Trinajstić information content (AvgIpc) is 2.51. The van der Waals surface area contributed by atoms with Crippen LogP contribution in [0.1, 0.15) is 49.0 Å². The highest BCUT2D eigenvalue weighted by atomic mass is 16.5. The summed E-state index contributed by atoms with van der Waals surface area (Å²) in [6, 6.07) is 5.89. The molecule has 1 aliphatic heterocycles. The maximum Gasteiger partial charge on any atom is 0.166 e. The lowest BCUT2D eigenvalue weighted by molar-refractivity contribution is 0.0363. The van der Waals surface area contributed by atoms with Crippen molar-refractivity contribution in [2.45, 2.75) is 38.5 Å².